The van der Waals surface area contributed by atoms with Gasteiger partial charge in [-0.25, -0.2) is 0 Å². The largest absolute Gasteiger partial charge is 0.360 e. The maximum absolute atomic E-state index is 5.44. The number of likely N-dealkylation sites (tertiary alicyclic amines) is 1. The third-order valence-corrected chi connectivity index (χ3v) is 4.06. The van der Waals surface area contributed by atoms with E-state index in [1.807, 2.05) is 0 Å². The molecule has 2 fully saturated rings. The first-order valence-electron chi connectivity index (χ1n) is 6.54. The van der Waals surface area contributed by atoms with Crippen molar-refractivity contribution in [3.63, 3.8) is 0 Å². The van der Waals surface area contributed by atoms with Crippen LogP contribution in [0.3, 0.4) is 0 Å². The van der Waals surface area contributed by atoms with Crippen LogP contribution < -0.4 is 5.32 Å². The Morgan fingerprint density at radius 3 is 2.56 bits per heavy atom. The smallest absolute Gasteiger partial charge is 0.169 e. The fourth-order valence-electron chi connectivity index (χ4n) is 2.46. The molecule has 1 saturated carbocycles. The van der Waals surface area contributed by atoms with Gasteiger partial charge in [-0.1, -0.05) is 13.8 Å². The lowest BCUT2D eigenvalue weighted by atomic mass is 10.2. The molecule has 0 radical (unpaired) electrons. The molecule has 1 saturated heterocycles. The fourth-order valence-corrected chi connectivity index (χ4v) is 2.79. The number of nitrogens with one attached hydrogen (secondary N) is 1. The van der Waals surface area contributed by atoms with Crippen LogP contribution in [0.4, 0.5) is 0 Å². The van der Waals surface area contributed by atoms with E-state index in [4.69, 9.17) is 12.2 Å². The van der Waals surface area contributed by atoms with E-state index < -0.39 is 0 Å². The highest BCUT2D eigenvalue weighted by molar-refractivity contribution is 7.80. The Balaban J connectivity index is 1.79. The summed E-state index contributed by atoms with van der Waals surface area (Å²) < 4.78 is 0. The molecule has 0 aromatic rings. The second kappa shape index (κ2) is 5.32. The van der Waals surface area contributed by atoms with Gasteiger partial charge in [-0.3, -0.25) is 4.90 Å². The normalized spacial score (nSPS) is 25.2. The molecule has 1 N–H and O–H groups in total. The maximum Gasteiger partial charge on any atom is 0.169 e. The third kappa shape index (κ3) is 2.86. The number of rotatable bonds is 4. The molecule has 0 aromatic heterocycles. The van der Waals surface area contributed by atoms with Gasteiger partial charge in [-0.15, -0.1) is 0 Å². The van der Waals surface area contributed by atoms with Crippen LogP contribution in [0.2, 0.25) is 0 Å². The van der Waals surface area contributed by atoms with Gasteiger partial charge < -0.3 is 10.2 Å². The van der Waals surface area contributed by atoms with Crippen LogP contribution in [-0.2, 0) is 0 Å². The zero-order valence-corrected chi connectivity index (χ0v) is 11.2. The lowest BCUT2D eigenvalue weighted by Gasteiger charge is -2.27. The molecule has 1 aliphatic carbocycles. The molecule has 4 heteroatoms. The summed E-state index contributed by atoms with van der Waals surface area (Å²) in [4.78, 5) is 4.89. The average molecular weight is 241 g/mol. The molecule has 3 nitrogen and oxygen atoms in total. The van der Waals surface area contributed by atoms with Crippen molar-refractivity contribution in [2.75, 3.05) is 26.2 Å². The maximum atomic E-state index is 5.44. The Kier molecular flexibility index (Phi) is 4.03. The van der Waals surface area contributed by atoms with E-state index in [0.29, 0.717) is 12.1 Å². The summed E-state index contributed by atoms with van der Waals surface area (Å²) in [5.74, 6) is 0. The summed E-state index contributed by atoms with van der Waals surface area (Å²) in [6.45, 7) is 9.02. The summed E-state index contributed by atoms with van der Waals surface area (Å²) in [5.41, 5.74) is 0. The van der Waals surface area contributed by atoms with Gasteiger partial charge in [-0.2, -0.15) is 0 Å². The monoisotopic (exact) mass is 241 g/mol. The van der Waals surface area contributed by atoms with E-state index in [9.17, 15) is 0 Å². The Hall–Kier alpha value is -0.350. The minimum Gasteiger partial charge on any atom is -0.360 e. The zero-order chi connectivity index (χ0) is 11.5. The van der Waals surface area contributed by atoms with Crippen molar-refractivity contribution >= 4 is 17.3 Å². The highest BCUT2D eigenvalue weighted by atomic mass is 32.1. The van der Waals surface area contributed by atoms with Crippen molar-refractivity contribution in [2.24, 2.45) is 0 Å². The minimum absolute atomic E-state index is 0.681. The van der Waals surface area contributed by atoms with Crippen molar-refractivity contribution in [2.45, 2.75) is 45.2 Å². The lowest BCUT2D eigenvalue weighted by molar-refractivity contribution is 0.223. The number of likely N-dealkylation sites (N-methyl/N-ethyl adjacent to an activating group) is 1. The molecule has 0 aromatic carbocycles. The molecule has 1 atom stereocenters. The van der Waals surface area contributed by atoms with Crippen molar-refractivity contribution < 1.29 is 0 Å². The third-order valence-electron chi connectivity index (χ3n) is 3.68. The number of hydrogen-bond donors (Lipinski definition) is 1. The van der Waals surface area contributed by atoms with E-state index in [2.05, 4.69) is 29.0 Å². The van der Waals surface area contributed by atoms with Gasteiger partial charge >= 0.3 is 0 Å². The predicted molar refractivity (Wildman–Crippen MR) is 71.7 cm³/mol. The molecule has 2 rings (SSSR count). The first-order chi connectivity index (χ1) is 7.74. The number of nitrogens with zero attached hydrogens (tertiary/aromatic N) is 2. The van der Waals surface area contributed by atoms with Gasteiger partial charge in [0.2, 0.25) is 0 Å². The summed E-state index contributed by atoms with van der Waals surface area (Å²) in [5, 5.41) is 4.41. The first-order valence-corrected chi connectivity index (χ1v) is 6.94. The predicted octanol–water partition coefficient (Wildman–Crippen LogP) is 1.44. The molecule has 0 bridgehead atoms. The number of hydrogen-bond acceptors (Lipinski definition) is 2. The van der Waals surface area contributed by atoms with Crippen LogP contribution in [0.5, 0.6) is 0 Å². The Morgan fingerprint density at radius 1 is 1.31 bits per heavy atom. The van der Waals surface area contributed by atoms with Crippen LogP contribution in [0, 0.1) is 0 Å². The van der Waals surface area contributed by atoms with Crippen LogP contribution in [0.15, 0.2) is 0 Å². The van der Waals surface area contributed by atoms with E-state index in [-0.39, 0.29) is 0 Å². The molecule has 92 valence electrons. The van der Waals surface area contributed by atoms with Crippen LogP contribution in [0.25, 0.3) is 0 Å². The quantitative estimate of drug-likeness (QED) is 0.750. The molecule has 1 aliphatic heterocycles. The van der Waals surface area contributed by atoms with E-state index in [1.54, 1.807) is 0 Å². The van der Waals surface area contributed by atoms with Gasteiger partial charge in [-0.05, 0) is 44.6 Å². The summed E-state index contributed by atoms with van der Waals surface area (Å²) in [6.07, 6.45) is 3.86. The summed E-state index contributed by atoms with van der Waals surface area (Å²) in [6, 6.07) is 1.38. The lowest BCUT2D eigenvalue weighted by Crippen LogP contribution is -2.42. The van der Waals surface area contributed by atoms with E-state index >= 15 is 0 Å². The van der Waals surface area contributed by atoms with Gasteiger partial charge in [0.1, 0.15) is 0 Å². The fraction of sp³-hybridized carbons (Fsp3) is 0.917. The van der Waals surface area contributed by atoms with Crippen molar-refractivity contribution in [1.82, 2.24) is 15.1 Å². The van der Waals surface area contributed by atoms with E-state index in [0.717, 1.165) is 31.3 Å². The molecule has 1 heterocycles. The molecular weight excluding hydrogens is 218 g/mol. The number of thiocarbonyl (C=S) groups is 1. The molecule has 0 amide bonds. The van der Waals surface area contributed by atoms with Gasteiger partial charge in [0, 0.05) is 25.2 Å². The van der Waals surface area contributed by atoms with E-state index in [1.165, 1.54) is 19.3 Å². The van der Waals surface area contributed by atoms with Crippen molar-refractivity contribution in [1.29, 1.82) is 0 Å². The molecule has 0 spiro atoms. The standard InChI is InChI=1S/C12H23N3S/c1-3-14(4-2)11-7-8-15(9-11)12(16)13-10-5-6-10/h10-11H,3-9H2,1-2H3,(H,13,16). The van der Waals surface area contributed by atoms with Gasteiger partial charge in [0.25, 0.3) is 0 Å². The molecule has 2 aliphatic rings. The average Bonchev–Trinajstić information content (AvgIpc) is 2.96. The minimum atomic E-state index is 0.681. The summed E-state index contributed by atoms with van der Waals surface area (Å²) >= 11 is 5.44. The molecule has 1 unspecified atom stereocenters. The molecule has 16 heavy (non-hydrogen) atoms. The second-order valence-corrected chi connectivity index (χ2v) is 5.22. The zero-order valence-electron chi connectivity index (χ0n) is 10.4. The second-order valence-electron chi connectivity index (χ2n) is 4.83. The van der Waals surface area contributed by atoms with Crippen LogP contribution >= 0.6 is 12.2 Å². The Labute approximate surface area is 104 Å². The van der Waals surface area contributed by atoms with Crippen molar-refractivity contribution in [3.8, 4) is 0 Å². The molecular formula is C12H23N3S. The topological polar surface area (TPSA) is 18.5 Å². The highest BCUT2D eigenvalue weighted by Crippen LogP contribution is 2.21. The van der Waals surface area contributed by atoms with Crippen LogP contribution in [-0.4, -0.2) is 53.2 Å². The van der Waals surface area contributed by atoms with Crippen molar-refractivity contribution in [3.05, 3.63) is 0 Å². The Bertz CT molecular complexity index is 249. The van der Waals surface area contributed by atoms with Gasteiger partial charge in [0.15, 0.2) is 5.11 Å². The van der Waals surface area contributed by atoms with Gasteiger partial charge in [0.05, 0.1) is 0 Å². The summed E-state index contributed by atoms with van der Waals surface area (Å²) in [7, 11) is 0. The first kappa shape index (κ1) is 12.1. The Morgan fingerprint density at radius 2 is 2.00 bits per heavy atom. The highest BCUT2D eigenvalue weighted by Gasteiger charge is 2.30. The SMILES string of the molecule is CCN(CC)C1CCN(C(=S)NC2CC2)C1. The van der Waals surface area contributed by atoms with Crippen LogP contribution in [0.1, 0.15) is 33.1 Å².